The number of aliphatic carboxylic acids is 1. The molecule has 2 N–H and O–H groups in total. The summed E-state index contributed by atoms with van der Waals surface area (Å²) in [5, 5.41) is 24.5. The van der Waals surface area contributed by atoms with Gasteiger partial charge in [0, 0.05) is 17.4 Å². The third-order valence-corrected chi connectivity index (χ3v) is 4.97. The molecule has 3 unspecified atom stereocenters. The van der Waals surface area contributed by atoms with Crippen molar-refractivity contribution in [3.05, 3.63) is 30.3 Å². The van der Waals surface area contributed by atoms with Crippen molar-refractivity contribution < 1.29 is 29.0 Å². The molecule has 1 aliphatic rings. The van der Waals surface area contributed by atoms with Gasteiger partial charge in [0.05, 0.1) is 19.1 Å². The first-order chi connectivity index (χ1) is 15.1. The lowest BCUT2D eigenvalue weighted by molar-refractivity contribution is -0.145. The smallest absolute Gasteiger partial charge is 0.408 e. The van der Waals surface area contributed by atoms with E-state index in [1.165, 1.54) is 4.80 Å². The molecule has 1 aromatic heterocycles. The molecule has 2 aromatic rings. The molecular formula is C21H27N5O6. The molecule has 1 fully saturated rings. The normalized spacial score (nSPS) is 20.8. The fourth-order valence-corrected chi connectivity index (χ4v) is 3.63. The molecule has 172 valence electrons. The van der Waals surface area contributed by atoms with Gasteiger partial charge in [0.1, 0.15) is 11.6 Å². The van der Waals surface area contributed by atoms with Gasteiger partial charge in [-0.2, -0.15) is 4.80 Å². The summed E-state index contributed by atoms with van der Waals surface area (Å²) >= 11 is 0. The van der Waals surface area contributed by atoms with Gasteiger partial charge in [0.15, 0.2) is 0 Å². The molecule has 0 spiro atoms. The molecule has 0 aliphatic heterocycles. The maximum Gasteiger partial charge on any atom is 0.408 e. The van der Waals surface area contributed by atoms with Crippen LogP contribution in [0.3, 0.4) is 0 Å². The third-order valence-electron chi connectivity index (χ3n) is 4.97. The summed E-state index contributed by atoms with van der Waals surface area (Å²) < 4.78 is 10.3. The summed E-state index contributed by atoms with van der Waals surface area (Å²) in [6.07, 6.45) is -0.872. The minimum absolute atomic E-state index is 0.147. The maximum absolute atomic E-state index is 12.5. The van der Waals surface area contributed by atoms with Gasteiger partial charge in [-0.3, -0.25) is 4.79 Å². The number of nitrogens with one attached hydrogen (secondary N) is 1. The van der Waals surface area contributed by atoms with E-state index in [1.807, 2.05) is 30.3 Å². The van der Waals surface area contributed by atoms with Crippen LogP contribution in [-0.2, 0) is 25.6 Å². The minimum atomic E-state index is -1.33. The molecule has 1 saturated carbocycles. The Morgan fingerprint density at radius 1 is 1.22 bits per heavy atom. The number of ether oxygens (including phenoxy) is 2. The van der Waals surface area contributed by atoms with Crippen LogP contribution in [-0.4, -0.2) is 61.6 Å². The number of esters is 1. The molecule has 0 radical (unpaired) electrons. The van der Waals surface area contributed by atoms with Crippen molar-refractivity contribution in [3.63, 3.8) is 0 Å². The highest BCUT2D eigenvalue weighted by atomic mass is 16.6. The highest BCUT2D eigenvalue weighted by Crippen LogP contribution is 2.50. The number of carbonyl (C=O) groups is 3. The Balaban J connectivity index is 1.77. The molecule has 32 heavy (non-hydrogen) atoms. The first-order valence-corrected chi connectivity index (χ1v) is 10.3. The zero-order valence-corrected chi connectivity index (χ0v) is 18.4. The first kappa shape index (κ1) is 23.2. The van der Waals surface area contributed by atoms with Crippen LogP contribution in [0.4, 0.5) is 4.79 Å². The minimum Gasteiger partial charge on any atom is -0.480 e. The Morgan fingerprint density at radius 2 is 1.91 bits per heavy atom. The van der Waals surface area contributed by atoms with Gasteiger partial charge in [-0.25, -0.2) is 9.59 Å². The van der Waals surface area contributed by atoms with Crippen LogP contribution in [0.1, 0.15) is 27.7 Å². The number of carboxylic acids is 1. The number of amides is 1. The molecule has 1 aromatic carbocycles. The number of rotatable bonds is 8. The number of benzene rings is 1. The summed E-state index contributed by atoms with van der Waals surface area (Å²) in [7, 11) is 0. The van der Waals surface area contributed by atoms with Gasteiger partial charge in [0.25, 0.3) is 0 Å². The van der Waals surface area contributed by atoms with Crippen molar-refractivity contribution >= 4 is 18.0 Å². The van der Waals surface area contributed by atoms with Crippen molar-refractivity contribution in [2.24, 2.45) is 17.8 Å². The predicted octanol–water partition coefficient (Wildman–Crippen LogP) is 1.74. The molecule has 0 bridgehead atoms. The summed E-state index contributed by atoms with van der Waals surface area (Å²) in [5.74, 6) is -3.26. The number of carboxylic acid groups (broad SMARTS) is 1. The van der Waals surface area contributed by atoms with Crippen molar-refractivity contribution in [1.82, 2.24) is 25.5 Å². The fourth-order valence-electron chi connectivity index (χ4n) is 3.63. The van der Waals surface area contributed by atoms with Crippen LogP contribution in [0, 0.1) is 17.8 Å². The van der Waals surface area contributed by atoms with Gasteiger partial charge < -0.3 is 19.9 Å². The van der Waals surface area contributed by atoms with Crippen molar-refractivity contribution in [2.75, 3.05) is 6.61 Å². The van der Waals surface area contributed by atoms with Crippen LogP contribution in [0.25, 0.3) is 11.4 Å². The number of tetrazole rings is 1. The molecule has 3 rings (SSSR count). The lowest BCUT2D eigenvalue weighted by Crippen LogP contribution is -2.45. The van der Waals surface area contributed by atoms with Crippen LogP contribution in [0.15, 0.2) is 30.3 Å². The average molecular weight is 445 g/mol. The van der Waals surface area contributed by atoms with Crippen molar-refractivity contribution in [3.8, 4) is 11.4 Å². The van der Waals surface area contributed by atoms with E-state index >= 15 is 0 Å². The number of hydrogen-bond donors (Lipinski definition) is 2. The zero-order valence-electron chi connectivity index (χ0n) is 18.4. The summed E-state index contributed by atoms with van der Waals surface area (Å²) in [6, 6.07) is 7.92. The van der Waals surface area contributed by atoms with Crippen LogP contribution >= 0.6 is 0 Å². The molecule has 1 amide bonds. The Labute approximate surface area is 185 Å². The molecule has 11 heteroatoms. The average Bonchev–Trinajstić information content (AvgIpc) is 3.19. The van der Waals surface area contributed by atoms with E-state index in [-0.39, 0.29) is 13.2 Å². The molecule has 0 saturated heterocycles. The summed E-state index contributed by atoms with van der Waals surface area (Å²) in [5.41, 5.74) is -0.0159. The number of hydrogen-bond acceptors (Lipinski definition) is 8. The second kappa shape index (κ2) is 9.33. The van der Waals surface area contributed by atoms with E-state index in [2.05, 4.69) is 20.7 Å². The maximum atomic E-state index is 12.5. The SMILES string of the molecule is CCOC(=O)C1C(Cn2nnc(-c3ccccc3)n2)C1[C@H](NC(=O)OC(C)(C)C)C(=O)O. The van der Waals surface area contributed by atoms with E-state index < -0.39 is 47.4 Å². The lowest BCUT2D eigenvalue weighted by atomic mass is 10.1. The first-order valence-electron chi connectivity index (χ1n) is 10.3. The Bertz CT molecular complexity index is 971. The predicted molar refractivity (Wildman–Crippen MR) is 111 cm³/mol. The lowest BCUT2D eigenvalue weighted by Gasteiger charge is -2.22. The van der Waals surface area contributed by atoms with E-state index in [0.717, 1.165) is 5.56 Å². The molecular weight excluding hydrogens is 418 g/mol. The van der Waals surface area contributed by atoms with Crippen LogP contribution < -0.4 is 5.32 Å². The van der Waals surface area contributed by atoms with E-state index in [4.69, 9.17) is 9.47 Å². The van der Waals surface area contributed by atoms with Crippen molar-refractivity contribution in [1.29, 1.82) is 0 Å². The number of nitrogens with zero attached hydrogens (tertiary/aromatic N) is 4. The topological polar surface area (TPSA) is 146 Å². The second-order valence-corrected chi connectivity index (χ2v) is 8.52. The van der Waals surface area contributed by atoms with Crippen molar-refractivity contribution in [2.45, 2.75) is 45.9 Å². The standard InChI is InChI=1S/C21H27N5O6/c1-5-31-19(29)15-13(11-26-24-17(23-25-26)12-9-7-6-8-10-12)14(15)16(18(27)28)22-20(30)32-21(2,3)4/h6-10,13-16H,5,11H2,1-4H3,(H,22,30)(H,27,28)/t13?,14?,15?,16-/m0/s1. The molecule has 4 atom stereocenters. The Morgan fingerprint density at radius 3 is 2.50 bits per heavy atom. The monoisotopic (exact) mass is 445 g/mol. The summed E-state index contributed by atoms with van der Waals surface area (Å²) in [6.45, 7) is 6.99. The summed E-state index contributed by atoms with van der Waals surface area (Å²) in [4.78, 5) is 37.9. The van der Waals surface area contributed by atoms with E-state index in [9.17, 15) is 19.5 Å². The quantitative estimate of drug-likeness (QED) is 0.580. The van der Waals surface area contributed by atoms with Crippen LogP contribution in [0.5, 0.6) is 0 Å². The number of aromatic nitrogens is 4. The highest BCUT2D eigenvalue weighted by molar-refractivity contribution is 5.84. The van der Waals surface area contributed by atoms with Crippen LogP contribution in [0.2, 0.25) is 0 Å². The van der Waals surface area contributed by atoms with Gasteiger partial charge in [-0.05, 0) is 32.9 Å². The Hall–Kier alpha value is -3.50. The third kappa shape index (κ3) is 5.59. The van der Waals surface area contributed by atoms with Gasteiger partial charge >= 0.3 is 18.0 Å². The highest BCUT2D eigenvalue weighted by Gasteiger charge is 2.61. The van der Waals surface area contributed by atoms with Gasteiger partial charge in [0.2, 0.25) is 5.82 Å². The fraction of sp³-hybridized carbons (Fsp3) is 0.524. The van der Waals surface area contributed by atoms with Gasteiger partial charge in [-0.15, -0.1) is 10.2 Å². The molecule has 11 nitrogen and oxygen atoms in total. The van der Waals surface area contributed by atoms with Gasteiger partial charge in [-0.1, -0.05) is 30.3 Å². The largest absolute Gasteiger partial charge is 0.480 e. The number of carbonyl (C=O) groups excluding carboxylic acids is 2. The van der Waals surface area contributed by atoms with E-state index in [0.29, 0.717) is 5.82 Å². The Kier molecular flexibility index (Phi) is 6.75. The molecule has 1 heterocycles. The zero-order chi connectivity index (χ0) is 23.5. The second-order valence-electron chi connectivity index (χ2n) is 8.52. The number of alkyl carbamates (subject to hydrolysis) is 1. The van der Waals surface area contributed by atoms with E-state index in [1.54, 1.807) is 27.7 Å². The molecule has 1 aliphatic carbocycles.